The molecular weight excluding hydrogens is 338 g/mol. The van der Waals surface area contributed by atoms with Gasteiger partial charge in [0.1, 0.15) is 11.5 Å². The second kappa shape index (κ2) is 9.20. The van der Waals surface area contributed by atoms with Gasteiger partial charge in [0.2, 0.25) is 0 Å². The van der Waals surface area contributed by atoms with E-state index in [0.717, 1.165) is 62.9 Å². The predicted molar refractivity (Wildman–Crippen MR) is 109 cm³/mol. The van der Waals surface area contributed by atoms with Crippen LogP contribution in [0.15, 0.2) is 0 Å². The van der Waals surface area contributed by atoms with Crippen molar-refractivity contribution in [2.45, 2.75) is 58.9 Å². The van der Waals surface area contributed by atoms with Crippen LogP contribution in [-0.4, -0.2) is 71.6 Å². The summed E-state index contributed by atoms with van der Waals surface area (Å²) >= 11 is 0. The van der Waals surface area contributed by atoms with Gasteiger partial charge in [0.15, 0.2) is 0 Å². The van der Waals surface area contributed by atoms with Gasteiger partial charge in [-0.05, 0) is 91.6 Å². The van der Waals surface area contributed by atoms with Gasteiger partial charge in [-0.3, -0.25) is 4.79 Å². The molecule has 6 heteroatoms. The van der Waals surface area contributed by atoms with E-state index in [1.54, 1.807) is 0 Å². The molecule has 3 rings (SSSR count). The topological polar surface area (TPSA) is 53.4 Å². The molecular formula is C21H37N5O. The molecule has 0 spiro atoms. The van der Waals surface area contributed by atoms with Crippen molar-refractivity contribution in [3.63, 3.8) is 0 Å². The molecule has 0 atom stereocenters. The summed E-state index contributed by atoms with van der Waals surface area (Å²) in [6.07, 6.45) is 5.88. The number of carbonyl (C=O) groups excluding carboxylic acids is 1. The highest BCUT2D eigenvalue weighted by molar-refractivity contribution is 5.93. The summed E-state index contributed by atoms with van der Waals surface area (Å²) in [5.41, 5.74) is 1.63. The lowest BCUT2D eigenvalue weighted by Crippen LogP contribution is -2.35. The van der Waals surface area contributed by atoms with Crippen LogP contribution in [0.2, 0.25) is 0 Å². The molecule has 1 aromatic rings. The van der Waals surface area contributed by atoms with Gasteiger partial charge in [-0.25, -0.2) is 4.98 Å². The number of rotatable bonds is 6. The van der Waals surface area contributed by atoms with Crippen LogP contribution in [0.25, 0.3) is 0 Å². The monoisotopic (exact) mass is 375 g/mol. The van der Waals surface area contributed by atoms with Crippen molar-refractivity contribution in [1.29, 1.82) is 0 Å². The Hall–Kier alpha value is -1.40. The van der Waals surface area contributed by atoms with E-state index in [0.29, 0.717) is 11.7 Å². The van der Waals surface area contributed by atoms with Crippen molar-refractivity contribution in [2.24, 2.45) is 5.92 Å². The minimum absolute atomic E-state index is 0.0189. The van der Waals surface area contributed by atoms with E-state index in [9.17, 15) is 4.79 Å². The Morgan fingerprint density at radius 2 is 1.78 bits per heavy atom. The molecule has 0 radical (unpaired) electrons. The van der Waals surface area contributed by atoms with Crippen LogP contribution in [0.5, 0.6) is 0 Å². The van der Waals surface area contributed by atoms with Crippen LogP contribution in [-0.2, 0) is 0 Å². The van der Waals surface area contributed by atoms with Gasteiger partial charge in [0.05, 0.1) is 0 Å². The molecule has 27 heavy (non-hydrogen) atoms. The second-order valence-corrected chi connectivity index (χ2v) is 8.63. The zero-order valence-corrected chi connectivity index (χ0v) is 17.6. The Morgan fingerprint density at radius 3 is 2.44 bits per heavy atom. The smallest absolute Gasteiger partial charge is 0.271 e. The van der Waals surface area contributed by atoms with E-state index in [2.05, 4.69) is 38.6 Å². The van der Waals surface area contributed by atoms with Crippen molar-refractivity contribution in [3.8, 4) is 0 Å². The van der Waals surface area contributed by atoms with Crippen molar-refractivity contribution in [3.05, 3.63) is 17.2 Å². The normalized spacial score (nSPS) is 20.9. The molecule has 0 saturated carbocycles. The summed E-state index contributed by atoms with van der Waals surface area (Å²) in [6.45, 7) is 12.8. The molecule has 2 saturated heterocycles. The number of nitrogens with one attached hydrogen (secondary N) is 1. The highest BCUT2D eigenvalue weighted by Gasteiger charge is 2.25. The van der Waals surface area contributed by atoms with Crippen LogP contribution in [0.1, 0.15) is 67.1 Å². The summed E-state index contributed by atoms with van der Waals surface area (Å²) in [5.74, 6) is 1.82. The summed E-state index contributed by atoms with van der Waals surface area (Å²) in [4.78, 5) is 22.2. The molecule has 0 aromatic carbocycles. The first-order valence-electron chi connectivity index (χ1n) is 10.7. The number of hydrogen-bond donors (Lipinski definition) is 1. The highest BCUT2D eigenvalue weighted by Crippen LogP contribution is 2.26. The van der Waals surface area contributed by atoms with Crippen LogP contribution < -0.4 is 5.32 Å². The number of piperidine rings is 2. The quantitative estimate of drug-likeness (QED) is 0.777. The Labute approximate surface area is 164 Å². The summed E-state index contributed by atoms with van der Waals surface area (Å²) in [7, 11) is 2.17. The molecule has 1 amide bonds. The first kappa shape index (κ1) is 20.3. The number of aryl methyl sites for hydroxylation is 1. The number of amides is 1. The average Bonchev–Trinajstić information content (AvgIpc) is 2.95. The fourth-order valence-electron chi connectivity index (χ4n) is 4.53. The number of hydrogen-bond acceptors (Lipinski definition) is 4. The Balaban J connectivity index is 1.49. The van der Waals surface area contributed by atoms with E-state index < -0.39 is 0 Å². The van der Waals surface area contributed by atoms with E-state index >= 15 is 0 Å². The summed E-state index contributed by atoms with van der Waals surface area (Å²) < 4.78 is 2.29. The van der Waals surface area contributed by atoms with Crippen LogP contribution in [0.3, 0.4) is 0 Å². The zero-order chi connectivity index (χ0) is 19.4. The van der Waals surface area contributed by atoms with Gasteiger partial charge < -0.3 is 19.7 Å². The molecule has 0 aliphatic carbocycles. The average molecular weight is 376 g/mol. The first-order valence-corrected chi connectivity index (χ1v) is 10.7. The molecule has 3 heterocycles. The fraction of sp³-hybridized carbons (Fsp3) is 0.810. The third-order valence-corrected chi connectivity index (χ3v) is 6.41. The lowest BCUT2D eigenvalue weighted by molar-refractivity contribution is 0.0945. The standard InChI is InChI=1S/C21H37N5O/c1-16-6-14-25(15-7-16)11-5-10-22-21(27)20-17(2)26(18(3)23-20)19-8-12-24(4)13-9-19/h16,19H,5-15H2,1-4H3,(H,22,27). The van der Waals surface area contributed by atoms with Crippen LogP contribution in [0, 0.1) is 19.8 Å². The molecule has 2 fully saturated rings. The molecule has 6 nitrogen and oxygen atoms in total. The van der Waals surface area contributed by atoms with Gasteiger partial charge in [0, 0.05) is 18.3 Å². The number of likely N-dealkylation sites (tertiary alicyclic amines) is 2. The number of carbonyl (C=O) groups is 1. The largest absolute Gasteiger partial charge is 0.351 e. The molecule has 0 bridgehead atoms. The van der Waals surface area contributed by atoms with Crippen molar-refractivity contribution < 1.29 is 4.79 Å². The zero-order valence-electron chi connectivity index (χ0n) is 17.6. The number of imidazole rings is 1. The van der Waals surface area contributed by atoms with E-state index in [-0.39, 0.29) is 5.91 Å². The predicted octanol–water partition coefficient (Wildman–Crippen LogP) is 2.62. The maximum Gasteiger partial charge on any atom is 0.271 e. The SMILES string of the molecule is Cc1nc(C(=O)NCCCN2CCC(C)CC2)c(C)n1C1CCN(C)CC1. The highest BCUT2D eigenvalue weighted by atomic mass is 16.1. The van der Waals surface area contributed by atoms with Gasteiger partial charge in [0.25, 0.3) is 5.91 Å². The Bertz CT molecular complexity index is 625. The van der Waals surface area contributed by atoms with Gasteiger partial charge in [-0.2, -0.15) is 0 Å². The van der Waals surface area contributed by atoms with Crippen LogP contribution in [0.4, 0.5) is 0 Å². The minimum atomic E-state index is -0.0189. The van der Waals surface area contributed by atoms with Gasteiger partial charge >= 0.3 is 0 Å². The maximum atomic E-state index is 12.7. The second-order valence-electron chi connectivity index (χ2n) is 8.63. The molecule has 0 unspecified atom stereocenters. The summed E-state index contributed by atoms with van der Waals surface area (Å²) in [6, 6.07) is 0.469. The fourth-order valence-corrected chi connectivity index (χ4v) is 4.53. The molecule has 2 aliphatic heterocycles. The first-order chi connectivity index (χ1) is 13.0. The van der Waals surface area contributed by atoms with Crippen molar-refractivity contribution >= 4 is 5.91 Å². The van der Waals surface area contributed by atoms with E-state index in [1.165, 1.54) is 25.9 Å². The summed E-state index contributed by atoms with van der Waals surface area (Å²) in [5, 5.41) is 3.09. The molecule has 152 valence electrons. The molecule has 1 aromatic heterocycles. The lowest BCUT2D eigenvalue weighted by Gasteiger charge is -2.31. The molecule has 1 N–H and O–H groups in total. The molecule has 2 aliphatic rings. The van der Waals surface area contributed by atoms with Crippen LogP contribution >= 0.6 is 0 Å². The Morgan fingerprint density at radius 1 is 1.11 bits per heavy atom. The third kappa shape index (κ3) is 5.11. The lowest BCUT2D eigenvalue weighted by atomic mass is 9.99. The van der Waals surface area contributed by atoms with E-state index in [1.807, 2.05) is 13.8 Å². The van der Waals surface area contributed by atoms with Gasteiger partial charge in [-0.15, -0.1) is 0 Å². The number of aromatic nitrogens is 2. The van der Waals surface area contributed by atoms with Crippen molar-refractivity contribution in [1.82, 2.24) is 24.7 Å². The van der Waals surface area contributed by atoms with E-state index in [4.69, 9.17) is 0 Å². The minimum Gasteiger partial charge on any atom is -0.351 e. The number of nitrogens with zero attached hydrogens (tertiary/aromatic N) is 4. The Kier molecular flexibility index (Phi) is 6.93. The van der Waals surface area contributed by atoms with Crippen molar-refractivity contribution in [2.75, 3.05) is 46.3 Å². The van der Waals surface area contributed by atoms with Gasteiger partial charge in [-0.1, -0.05) is 6.92 Å². The maximum absolute atomic E-state index is 12.7. The third-order valence-electron chi connectivity index (χ3n) is 6.41.